The summed E-state index contributed by atoms with van der Waals surface area (Å²) < 4.78 is 30.0. The quantitative estimate of drug-likeness (QED) is 0.148. The molecule has 0 aliphatic carbocycles. The predicted octanol–water partition coefficient (Wildman–Crippen LogP) is 5.73. The van der Waals surface area contributed by atoms with Gasteiger partial charge in [0.15, 0.2) is 5.75 Å². The monoisotopic (exact) mass is 474 g/mol. The average Bonchev–Trinajstić information content (AvgIpc) is 2.75. The maximum atomic E-state index is 12.4. The van der Waals surface area contributed by atoms with E-state index in [-0.39, 0.29) is 32.0 Å². The lowest BCUT2D eigenvalue weighted by atomic mass is 10.0. The van der Waals surface area contributed by atoms with Crippen molar-refractivity contribution in [1.29, 1.82) is 5.26 Å². The van der Waals surface area contributed by atoms with Gasteiger partial charge in [-0.3, -0.25) is 10.1 Å². The normalized spacial score (nSPS) is 11.6. The zero-order chi connectivity index (χ0) is 22.6. The molecule has 0 amide bonds. The summed E-state index contributed by atoms with van der Waals surface area (Å²) in [7, 11) is -4.14. The van der Waals surface area contributed by atoms with E-state index in [4.69, 9.17) is 27.4 Å². The van der Waals surface area contributed by atoms with Gasteiger partial charge in [-0.25, -0.2) is 0 Å². The summed E-state index contributed by atoms with van der Waals surface area (Å²) >= 11 is 12.4. The fraction of sp³-hybridized carbons (Fsp3) is 0. The van der Waals surface area contributed by atoms with Crippen LogP contribution < -0.4 is 4.18 Å². The van der Waals surface area contributed by atoms with Crippen LogP contribution in [0, 0.1) is 21.4 Å². The van der Waals surface area contributed by atoms with Crippen LogP contribution in [0.4, 0.5) is 5.69 Å². The van der Waals surface area contributed by atoms with Gasteiger partial charge in [0, 0.05) is 12.1 Å². The molecule has 3 rings (SSSR count). The van der Waals surface area contributed by atoms with Gasteiger partial charge in [-0.15, -0.1) is 0 Å². The van der Waals surface area contributed by atoms with Crippen molar-refractivity contribution in [2.24, 2.45) is 0 Å². The molecule has 31 heavy (non-hydrogen) atoms. The molecule has 156 valence electrons. The highest BCUT2D eigenvalue weighted by Gasteiger charge is 2.21. The number of nitro benzene ring substituents is 1. The Balaban J connectivity index is 1.94. The zero-order valence-electron chi connectivity index (χ0n) is 15.5. The number of nitro groups is 1. The molecule has 0 aliphatic rings. The third-order valence-corrected chi connectivity index (χ3v) is 5.86. The molecule has 0 unspecified atom stereocenters. The van der Waals surface area contributed by atoms with Gasteiger partial charge < -0.3 is 4.18 Å². The molecule has 7 nitrogen and oxygen atoms in total. The average molecular weight is 475 g/mol. The van der Waals surface area contributed by atoms with E-state index in [1.807, 2.05) is 6.07 Å². The number of nitrogens with zero attached hydrogens (tertiary/aromatic N) is 2. The van der Waals surface area contributed by atoms with Gasteiger partial charge in [-0.05, 0) is 53.6 Å². The lowest BCUT2D eigenvalue weighted by Crippen LogP contribution is -2.10. The smallest absolute Gasteiger partial charge is 0.339 e. The van der Waals surface area contributed by atoms with Gasteiger partial charge in [-0.1, -0.05) is 41.4 Å². The van der Waals surface area contributed by atoms with E-state index in [0.29, 0.717) is 11.1 Å². The summed E-state index contributed by atoms with van der Waals surface area (Å²) in [4.78, 5) is 10.2. The van der Waals surface area contributed by atoms with Gasteiger partial charge in [0.2, 0.25) is 0 Å². The van der Waals surface area contributed by atoms with Crippen molar-refractivity contribution in [2.75, 3.05) is 0 Å². The molecule has 0 saturated carbocycles. The Morgan fingerprint density at radius 2 is 1.61 bits per heavy atom. The third kappa shape index (κ3) is 5.22. The molecule has 0 aromatic heterocycles. The number of nitriles is 1. The second-order valence-electron chi connectivity index (χ2n) is 6.14. The maximum Gasteiger partial charge on any atom is 0.339 e. The summed E-state index contributed by atoms with van der Waals surface area (Å²) in [5, 5.41) is 20.1. The highest BCUT2D eigenvalue weighted by Crippen LogP contribution is 2.37. The van der Waals surface area contributed by atoms with E-state index in [0.717, 1.165) is 0 Å². The molecular weight excluding hydrogens is 463 g/mol. The van der Waals surface area contributed by atoms with Crippen LogP contribution in [0.3, 0.4) is 0 Å². The van der Waals surface area contributed by atoms with Crippen molar-refractivity contribution in [3.05, 3.63) is 98.0 Å². The molecule has 0 spiro atoms. The fourth-order valence-electron chi connectivity index (χ4n) is 2.60. The van der Waals surface area contributed by atoms with Crippen LogP contribution in [0.2, 0.25) is 10.0 Å². The highest BCUT2D eigenvalue weighted by atomic mass is 35.5. The minimum Gasteiger partial charge on any atom is -0.376 e. The standard InChI is InChI=1S/C21H12Cl2N2O5S/c22-19-11-14(10-16(13-24)15-6-8-17(9-7-15)25(26)27)12-20(23)21(19)30-31(28,29)18-4-2-1-3-5-18/h1-12H/b16-10+. The van der Waals surface area contributed by atoms with E-state index in [1.165, 1.54) is 54.6 Å². The lowest BCUT2D eigenvalue weighted by Gasteiger charge is -2.11. The minimum atomic E-state index is -4.14. The van der Waals surface area contributed by atoms with Crippen LogP contribution in [0.15, 0.2) is 71.6 Å². The van der Waals surface area contributed by atoms with Gasteiger partial charge >= 0.3 is 10.1 Å². The van der Waals surface area contributed by atoms with Crippen LogP contribution in [0.25, 0.3) is 11.6 Å². The second-order valence-corrected chi connectivity index (χ2v) is 8.50. The van der Waals surface area contributed by atoms with Crippen molar-refractivity contribution >= 4 is 50.7 Å². The molecule has 0 saturated heterocycles. The Kier molecular flexibility index (Phi) is 6.61. The second kappa shape index (κ2) is 9.18. The molecule has 0 heterocycles. The number of allylic oxidation sites excluding steroid dienone is 1. The van der Waals surface area contributed by atoms with Crippen molar-refractivity contribution in [2.45, 2.75) is 4.90 Å². The first-order valence-corrected chi connectivity index (χ1v) is 10.7. The zero-order valence-corrected chi connectivity index (χ0v) is 17.9. The predicted molar refractivity (Wildman–Crippen MR) is 117 cm³/mol. The molecule has 10 heteroatoms. The lowest BCUT2D eigenvalue weighted by molar-refractivity contribution is -0.384. The molecule has 0 N–H and O–H groups in total. The largest absolute Gasteiger partial charge is 0.376 e. The van der Waals surface area contributed by atoms with Crippen LogP contribution in [0.1, 0.15) is 11.1 Å². The van der Waals surface area contributed by atoms with Crippen LogP contribution in [0.5, 0.6) is 5.75 Å². The maximum absolute atomic E-state index is 12.4. The first-order chi connectivity index (χ1) is 14.7. The Labute approximate surface area is 188 Å². The summed E-state index contributed by atoms with van der Waals surface area (Å²) in [6.45, 7) is 0. The highest BCUT2D eigenvalue weighted by molar-refractivity contribution is 7.87. The molecule has 0 aliphatic heterocycles. The molecular formula is C21H12Cl2N2O5S. The number of hydrogen-bond donors (Lipinski definition) is 0. The van der Waals surface area contributed by atoms with E-state index in [2.05, 4.69) is 0 Å². The van der Waals surface area contributed by atoms with Gasteiger partial charge in [0.1, 0.15) is 4.90 Å². The minimum absolute atomic E-state index is 0.0592. The van der Waals surface area contributed by atoms with E-state index < -0.39 is 15.0 Å². The van der Waals surface area contributed by atoms with E-state index in [1.54, 1.807) is 18.2 Å². The van der Waals surface area contributed by atoms with Crippen molar-refractivity contribution in [1.82, 2.24) is 0 Å². The molecule has 0 radical (unpaired) electrons. The Morgan fingerprint density at radius 1 is 1.03 bits per heavy atom. The number of benzene rings is 3. The van der Waals surface area contributed by atoms with Crippen molar-refractivity contribution < 1.29 is 17.5 Å². The summed E-state index contributed by atoms with van der Waals surface area (Å²) in [6.07, 6.45) is 1.47. The summed E-state index contributed by atoms with van der Waals surface area (Å²) in [6, 6.07) is 17.8. The van der Waals surface area contributed by atoms with Crippen LogP contribution in [-0.4, -0.2) is 13.3 Å². The molecule has 0 atom stereocenters. The molecule has 3 aromatic carbocycles. The van der Waals surface area contributed by atoms with Gasteiger partial charge in [-0.2, -0.15) is 13.7 Å². The van der Waals surface area contributed by atoms with Gasteiger partial charge in [0.25, 0.3) is 5.69 Å². The molecule has 0 fully saturated rings. The van der Waals surface area contributed by atoms with Crippen LogP contribution >= 0.6 is 23.2 Å². The van der Waals surface area contributed by atoms with E-state index in [9.17, 15) is 23.8 Å². The van der Waals surface area contributed by atoms with E-state index >= 15 is 0 Å². The Bertz CT molecular complexity index is 1290. The number of rotatable bonds is 6. The number of hydrogen-bond acceptors (Lipinski definition) is 6. The van der Waals surface area contributed by atoms with Crippen molar-refractivity contribution in [3.8, 4) is 11.8 Å². The fourth-order valence-corrected chi connectivity index (χ4v) is 4.26. The SMILES string of the molecule is N#C/C(=C\c1cc(Cl)c(OS(=O)(=O)c2ccccc2)c(Cl)c1)c1ccc([N+](=O)[O-])cc1. The topological polar surface area (TPSA) is 110 Å². The first-order valence-electron chi connectivity index (χ1n) is 8.56. The number of halogens is 2. The molecule has 3 aromatic rings. The Hall–Kier alpha value is -3.38. The van der Waals surface area contributed by atoms with Crippen LogP contribution in [-0.2, 0) is 10.1 Å². The summed E-state index contributed by atoms with van der Waals surface area (Å²) in [5.74, 6) is -0.238. The Morgan fingerprint density at radius 3 is 2.13 bits per heavy atom. The first kappa shape index (κ1) is 22.3. The van der Waals surface area contributed by atoms with Gasteiger partial charge in [0.05, 0.1) is 26.6 Å². The third-order valence-electron chi connectivity index (χ3n) is 4.07. The summed E-state index contributed by atoms with van der Waals surface area (Å²) in [5.41, 5.74) is 0.961. The molecule has 0 bridgehead atoms. The number of non-ortho nitro benzene ring substituents is 1. The van der Waals surface area contributed by atoms with Crippen molar-refractivity contribution in [3.63, 3.8) is 0 Å².